The predicted molar refractivity (Wildman–Crippen MR) is 98.7 cm³/mol. The Labute approximate surface area is 149 Å². The van der Waals surface area contributed by atoms with Gasteiger partial charge in [-0.25, -0.2) is 0 Å². The van der Waals surface area contributed by atoms with Gasteiger partial charge >= 0.3 is 0 Å². The zero-order chi connectivity index (χ0) is 17.7. The topological polar surface area (TPSA) is 59.6 Å². The van der Waals surface area contributed by atoms with Gasteiger partial charge in [-0.15, -0.1) is 0 Å². The highest BCUT2D eigenvalue weighted by atomic mass is 16.5. The van der Waals surface area contributed by atoms with Crippen LogP contribution in [0.1, 0.15) is 11.1 Å². The van der Waals surface area contributed by atoms with Crippen LogP contribution in [0.25, 0.3) is 0 Å². The Morgan fingerprint density at radius 3 is 2.44 bits per heavy atom. The first kappa shape index (κ1) is 19.0. The van der Waals surface area contributed by atoms with Crippen LogP contribution in [0.3, 0.4) is 0 Å². The molecule has 0 bridgehead atoms. The highest BCUT2D eigenvalue weighted by Gasteiger charge is 2.02. The van der Waals surface area contributed by atoms with Gasteiger partial charge in [-0.3, -0.25) is 4.79 Å². The van der Waals surface area contributed by atoms with E-state index in [0.29, 0.717) is 18.9 Å². The van der Waals surface area contributed by atoms with Gasteiger partial charge < -0.3 is 20.1 Å². The third-order valence-corrected chi connectivity index (χ3v) is 3.68. The van der Waals surface area contributed by atoms with E-state index in [1.165, 1.54) is 11.1 Å². The number of methoxy groups -OCH3 is 1. The molecule has 2 rings (SSSR count). The minimum absolute atomic E-state index is 0.0156. The lowest BCUT2D eigenvalue weighted by Gasteiger charge is -2.08. The third kappa shape index (κ3) is 7.83. The number of nitrogens with one attached hydrogen (secondary N) is 2. The Balaban J connectivity index is 1.63. The molecule has 2 aromatic rings. The maximum absolute atomic E-state index is 11.5. The Morgan fingerprint density at radius 2 is 1.72 bits per heavy atom. The Kier molecular flexibility index (Phi) is 8.52. The highest BCUT2D eigenvalue weighted by Crippen LogP contribution is 2.12. The number of carbonyl (C=O) groups is 1. The molecule has 0 aromatic heterocycles. The molecule has 0 atom stereocenters. The van der Waals surface area contributed by atoms with E-state index < -0.39 is 0 Å². The summed E-state index contributed by atoms with van der Waals surface area (Å²) in [5.74, 6) is 0.550. The van der Waals surface area contributed by atoms with Crippen molar-refractivity contribution in [3.05, 3.63) is 65.7 Å². The zero-order valence-corrected chi connectivity index (χ0v) is 14.7. The van der Waals surface area contributed by atoms with Crippen LogP contribution in [0.5, 0.6) is 5.75 Å². The van der Waals surface area contributed by atoms with E-state index in [2.05, 4.69) is 22.8 Å². The smallest absolute Gasteiger partial charge is 0.258 e. The summed E-state index contributed by atoms with van der Waals surface area (Å²) in [6.45, 7) is 2.80. The third-order valence-electron chi connectivity index (χ3n) is 3.68. The number of benzene rings is 2. The average molecular weight is 342 g/mol. The summed E-state index contributed by atoms with van der Waals surface area (Å²) >= 11 is 0. The van der Waals surface area contributed by atoms with Crippen LogP contribution in [0.2, 0.25) is 0 Å². The molecule has 0 spiro atoms. The number of rotatable bonds is 11. The Hall–Kier alpha value is -2.37. The number of hydrogen-bond donors (Lipinski definition) is 2. The molecule has 0 saturated carbocycles. The van der Waals surface area contributed by atoms with Gasteiger partial charge in [0.2, 0.25) is 0 Å². The zero-order valence-electron chi connectivity index (χ0n) is 14.7. The average Bonchev–Trinajstić information content (AvgIpc) is 2.65. The van der Waals surface area contributed by atoms with Crippen molar-refractivity contribution in [1.82, 2.24) is 10.6 Å². The van der Waals surface area contributed by atoms with E-state index in [4.69, 9.17) is 9.47 Å². The summed E-state index contributed by atoms with van der Waals surface area (Å²) in [6, 6.07) is 18.2. The highest BCUT2D eigenvalue weighted by molar-refractivity contribution is 5.77. The van der Waals surface area contributed by atoms with Gasteiger partial charge in [-0.05, 0) is 36.2 Å². The summed E-state index contributed by atoms with van der Waals surface area (Å²) < 4.78 is 10.3. The number of amides is 1. The van der Waals surface area contributed by atoms with Crippen molar-refractivity contribution >= 4 is 5.91 Å². The summed E-state index contributed by atoms with van der Waals surface area (Å²) in [5, 5.41) is 6.15. The van der Waals surface area contributed by atoms with Crippen molar-refractivity contribution in [3.63, 3.8) is 0 Å². The molecule has 25 heavy (non-hydrogen) atoms. The lowest BCUT2D eigenvalue weighted by molar-refractivity contribution is -0.123. The maximum atomic E-state index is 11.5. The van der Waals surface area contributed by atoms with Gasteiger partial charge in [0.1, 0.15) is 5.75 Å². The number of carbonyl (C=O) groups excluding carboxylic acids is 1. The predicted octanol–water partition coefficient (Wildman–Crippen LogP) is 2.16. The molecule has 0 heterocycles. The molecule has 0 aliphatic rings. The van der Waals surface area contributed by atoms with Gasteiger partial charge in [-0.2, -0.15) is 0 Å². The molecule has 0 aliphatic heterocycles. The summed E-state index contributed by atoms with van der Waals surface area (Å²) in [6.07, 6.45) is 0.949. The van der Waals surface area contributed by atoms with Crippen LogP contribution < -0.4 is 15.4 Å². The van der Waals surface area contributed by atoms with Crippen molar-refractivity contribution < 1.29 is 14.3 Å². The van der Waals surface area contributed by atoms with Crippen molar-refractivity contribution in [1.29, 1.82) is 0 Å². The van der Waals surface area contributed by atoms with Crippen LogP contribution in [-0.2, 0) is 22.5 Å². The second-order valence-corrected chi connectivity index (χ2v) is 5.69. The van der Waals surface area contributed by atoms with E-state index in [1.807, 2.05) is 42.5 Å². The van der Waals surface area contributed by atoms with Crippen LogP contribution >= 0.6 is 0 Å². The minimum Gasteiger partial charge on any atom is -0.484 e. The lowest BCUT2D eigenvalue weighted by atomic mass is 10.1. The lowest BCUT2D eigenvalue weighted by Crippen LogP contribution is -2.31. The largest absolute Gasteiger partial charge is 0.484 e. The first-order valence-electron chi connectivity index (χ1n) is 8.50. The molecule has 134 valence electrons. The Morgan fingerprint density at radius 1 is 0.960 bits per heavy atom. The molecule has 0 radical (unpaired) electrons. The fraction of sp³-hybridized carbons (Fsp3) is 0.350. The van der Waals surface area contributed by atoms with E-state index >= 15 is 0 Å². The van der Waals surface area contributed by atoms with Crippen LogP contribution in [0.4, 0.5) is 0 Å². The molecule has 1 amide bonds. The first-order chi connectivity index (χ1) is 12.3. The Bertz CT molecular complexity index is 615. The molecule has 5 nitrogen and oxygen atoms in total. The molecule has 0 saturated heterocycles. The molecule has 5 heteroatoms. The van der Waals surface area contributed by atoms with Gasteiger partial charge in [0, 0.05) is 20.2 Å². The standard InChI is InChI=1S/C20H26N2O3/c1-24-14-13-22-20(23)16-25-19-9-7-17(8-10-19)11-12-21-15-18-5-3-2-4-6-18/h2-10,21H,11-16H2,1H3,(H,22,23). The molecule has 0 fully saturated rings. The monoisotopic (exact) mass is 342 g/mol. The minimum atomic E-state index is -0.147. The van der Waals surface area contributed by atoms with Gasteiger partial charge in [0.25, 0.3) is 5.91 Å². The van der Waals surface area contributed by atoms with Gasteiger partial charge in [0.05, 0.1) is 6.61 Å². The molecular weight excluding hydrogens is 316 g/mol. The summed E-state index contributed by atoms with van der Waals surface area (Å²) in [5.41, 5.74) is 2.52. The normalized spacial score (nSPS) is 10.4. The van der Waals surface area contributed by atoms with Gasteiger partial charge in [-0.1, -0.05) is 42.5 Å². The van der Waals surface area contributed by atoms with E-state index in [-0.39, 0.29) is 12.5 Å². The second kappa shape index (κ2) is 11.2. The van der Waals surface area contributed by atoms with E-state index in [0.717, 1.165) is 19.5 Å². The second-order valence-electron chi connectivity index (χ2n) is 5.69. The maximum Gasteiger partial charge on any atom is 0.258 e. The number of hydrogen-bond acceptors (Lipinski definition) is 4. The van der Waals surface area contributed by atoms with Crippen molar-refractivity contribution in [3.8, 4) is 5.75 Å². The van der Waals surface area contributed by atoms with Crippen molar-refractivity contribution in [2.24, 2.45) is 0 Å². The molecule has 2 aromatic carbocycles. The summed E-state index contributed by atoms with van der Waals surface area (Å²) in [4.78, 5) is 11.5. The molecule has 0 unspecified atom stereocenters. The van der Waals surface area contributed by atoms with E-state index in [9.17, 15) is 4.79 Å². The fourth-order valence-corrected chi connectivity index (χ4v) is 2.31. The molecule has 0 aliphatic carbocycles. The quantitative estimate of drug-likeness (QED) is 0.615. The number of ether oxygens (including phenoxy) is 2. The van der Waals surface area contributed by atoms with Crippen molar-refractivity contribution in [2.45, 2.75) is 13.0 Å². The fourth-order valence-electron chi connectivity index (χ4n) is 2.31. The first-order valence-corrected chi connectivity index (χ1v) is 8.50. The molecular formula is C20H26N2O3. The van der Waals surface area contributed by atoms with Crippen LogP contribution in [0.15, 0.2) is 54.6 Å². The van der Waals surface area contributed by atoms with Gasteiger partial charge in [0.15, 0.2) is 6.61 Å². The van der Waals surface area contributed by atoms with E-state index in [1.54, 1.807) is 7.11 Å². The SMILES string of the molecule is COCCNC(=O)COc1ccc(CCNCc2ccccc2)cc1. The van der Waals surface area contributed by atoms with Crippen molar-refractivity contribution in [2.75, 3.05) is 33.4 Å². The summed E-state index contributed by atoms with van der Waals surface area (Å²) in [7, 11) is 1.60. The molecule has 2 N–H and O–H groups in total. The van der Waals surface area contributed by atoms with Crippen LogP contribution in [-0.4, -0.2) is 39.3 Å². The van der Waals surface area contributed by atoms with Crippen LogP contribution in [0, 0.1) is 0 Å².